The summed E-state index contributed by atoms with van der Waals surface area (Å²) >= 11 is 0. The average molecular weight is 374 g/mol. The molecule has 3 rings (SSSR count). The largest absolute Gasteiger partial charge is 0.396 e. The van der Waals surface area contributed by atoms with Crippen LogP contribution in [0.4, 0.5) is 0 Å². The summed E-state index contributed by atoms with van der Waals surface area (Å²) in [6.07, 6.45) is 0. The molecule has 2 aliphatic heterocycles. The summed E-state index contributed by atoms with van der Waals surface area (Å²) in [7, 11) is 0. The first-order valence-electron chi connectivity index (χ1n) is 9.57. The number of carbonyl (C=O) groups is 2. The molecule has 2 amide bonds. The first-order chi connectivity index (χ1) is 12.7. The van der Waals surface area contributed by atoms with Crippen molar-refractivity contribution in [1.29, 1.82) is 0 Å². The number of aliphatic hydroxyl groups excluding tert-OH is 2. The molecule has 1 fully saturated rings. The van der Waals surface area contributed by atoms with Gasteiger partial charge in [0.15, 0.2) is 0 Å². The van der Waals surface area contributed by atoms with Gasteiger partial charge in [-0.3, -0.25) is 9.59 Å². The van der Waals surface area contributed by atoms with Crippen molar-refractivity contribution in [2.75, 3.05) is 26.3 Å². The van der Waals surface area contributed by atoms with Crippen LogP contribution in [0.3, 0.4) is 0 Å². The molecule has 0 bridgehead atoms. The van der Waals surface area contributed by atoms with Crippen LogP contribution in [0.15, 0.2) is 24.3 Å². The fraction of sp³-hybridized carbons (Fsp3) is 0.619. The monoisotopic (exact) mass is 374 g/mol. The smallest absolute Gasteiger partial charge is 0.255 e. The van der Waals surface area contributed by atoms with E-state index >= 15 is 0 Å². The van der Waals surface area contributed by atoms with Gasteiger partial charge in [0.2, 0.25) is 5.91 Å². The van der Waals surface area contributed by atoms with E-state index in [4.69, 9.17) is 0 Å². The van der Waals surface area contributed by atoms with Crippen molar-refractivity contribution in [3.63, 3.8) is 0 Å². The first kappa shape index (κ1) is 19.8. The quantitative estimate of drug-likeness (QED) is 0.819. The summed E-state index contributed by atoms with van der Waals surface area (Å²) in [6.45, 7) is 8.68. The van der Waals surface area contributed by atoms with Gasteiger partial charge in [0.05, 0.1) is 13.2 Å². The Morgan fingerprint density at radius 2 is 1.67 bits per heavy atom. The van der Waals surface area contributed by atoms with Crippen molar-refractivity contribution in [2.45, 2.75) is 40.3 Å². The van der Waals surface area contributed by atoms with Crippen LogP contribution in [0.2, 0.25) is 0 Å². The molecule has 1 aromatic carbocycles. The highest BCUT2D eigenvalue weighted by Gasteiger charge is 2.54. The van der Waals surface area contributed by atoms with E-state index in [-0.39, 0.29) is 30.9 Å². The lowest BCUT2D eigenvalue weighted by atomic mass is 9.69. The normalized spacial score (nSPS) is 28.8. The maximum Gasteiger partial charge on any atom is 0.255 e. The topological polar surface area (TPSA) is 81.1 Å². The lowest BCUT2D eigenvalue weighted by molar-refractivity contribution is -0.137. The molecule has 1 saturated heterocycles. The van der Waals surface area contributed by atoms with E-state index in [1.54, 1.807) is 15.9 Å². The van der Waals surface area contributed by atoms with Crippen molar-refractivity contribution in [3.05, 3.63) is 35.4 Å². The second-order valence-corrected chi connectivity index (χ2v) is 8.91. The van der Waals surface area contributed by atoms with Gasteiger partial charge >= 0.3 is 0 Å². The third kappa shape index (κ3) is 3.05. The molecule has 2 aliphatic rings. The van der Waals surface area contributed by atoms with Gasteiger partial charge < -0.3 is 20.0 Å². The number of benzene rings is 1. The minimum Gasteiger partial charge on any atom is -0.396 e. The molecule has 6 nitrogen and oxygen atoms in total. The number of fused-ring (bicyclic) bond motifs is 1. The van der Waals surface area contributed by atoms with Gasteiger partial charge in [-0.15, -0.1) is 0 Å². The van der Waals surface area contributed by atoms with Gasteiger partial charge in [0.1, 0.15) is 6.04 Å². The number of likely N-dealkylation sites (tertiary alicyclic amines) is 1. The third-order valence-corrected chi connectivity index (χ3v) is 6.62. The van der Waals surface area contributed by atoms with Crippen LogP contribution in [0.25, 0.3) is 0 Å². The van der Waals surface area contributed by atoms with Crippen LogP contribution in [-0.2, 0) is 11.3 Å². The molecule has 0 spiro atoms. The Morgan fingerprint density at radius 3 is 2.15 bits per heavy atom. The fourth-order valence-electron chi connectivity index (χ4n) is 4.38. The van der Waals surface area contributed by atoms with Crippen molar-refractivity contribution in [2.24, 2.45) is 16.7 Å². The molecular formula is C21H30N2O4. The number of rotatable bonds is 5. The average Bonchev–Trinajstić information content (AvgIpc) is 3.11. The number of amides is 2. The first-order valence-corrected chi connectivity index (χ1v) is 9.57. The number of nitrogens with zero attached hydrogens (tertiary/aromatic N) is 2. The van der Waals surface area contributed by atoms with E-state index < -0.39 is 16.9 Å². The number of carbonyl (C=O) groups excluding carboxylic acids is 2. The Balaban J connectivity index is 1.87. The highest BCUT2D eigenvalue weighted by Crippen LogP contribution is 2.46. The Kier molecular flexibility index (Phi) is 5.08. The minimum absolute atomic E-state index is 0.0443. The fourth-order valence-corrected chi connectivity index (χ4v) is 4.38. The van der Waals surface area contributed by atoms with E-state index in [0.29, 0.717) is 25.2 Å². The standard InChI is InChI=1S/C21H30N2O4/c1-14(2)17(23-9-15-7-5-6-8-16(15)18(23)26)19(27)22-10-20(3,12-24)21(4,11-22)13-25/h5-8,14,17,24-25H,9-13H2,1-4H3/t17-,20-,21+/m1/s1. The molecule has 0 aromatic heterocycles. The van der Waals surface area contributed by atoms with E-state index in [0.717, 1.165) is 5.56 Å². The van der Waals surface area contributed by atoms with Gasteiger partial charge in [0.25, 0.3) is 5.91 Å². The third-order valence-electron chi connectivity index (χ3n) is 6.62. The molecule has 148 valence electrons. The van der Waals surface area contributed by atoms with Gasteiger partial charge in [-0.1, -0.05) is 45.9 Å². The van der Waals surface area contributed by atoms with Crippen LogP contribution in [0.5, 0.6) is 0 Å². The summed E-state index contributed by atoms with van der Waals surface area (Å²) in [5.74, 6) is -0.258. The summed E-state index contributed by atoms with van der Waals surface area (Å²) in [6, 6.07) is 6.92. The highest BCUT2D eigenvalue weighted by atomic mass is 16.3. The second-order valence-electron chi connectivity index (χ2n) is 8.91. The number of hydrogen-bond acceptors (Lipinski definition) is 4. The summed E-state index contributed by atoms with van der Waals surface area (Å²) < 4.78 is 0. The SMILES string of the molecule is CC(C)[C@H](C(=O)N1C[C@](C)(CO)[C@](C)(CO)C1)N1Cc2ccccc2C1=O. The Labute approximate surface area is 160 Å². The zero-order chi connectivity index (χ0) is 20.0. The van der Waals surface area contributed by atoms with E-state index in [2.05, 4.69) is 0 Å². The predicted octanol–water partition coefficient (Wildman–Crippen LogP) is 1.51. The van der Waals surface area contributed by atoms with Crippen LogP contribution in [0, 0.1) is 16.7 Å². The molecule has 0 saturated carbocycles. The van der Waals surface area contributed by atoms with E-state index in [1.165, 1.54) is 0 Å². The zero-order valence-corrected chi connectivity index (χ0v) is 16.6. The van der Waals surface area contributed by atoms with Gasteiger partial charge in [0, 0.05) is 36.0 Å². The molecule has 0 unspecified atom stereocenters. The molecular weight excluding hydrogens is 344 g/mol. The van der Waals surface area contributed by atoms with Crippen molar-refractivity contribution >= 4 is 11.8 Å². The van der Waals surface area contributed by atoms with E-state index in [9.17, 15) is 19.8 Å². The second kappa shape index (κ2) is 6.91. The molecule has 0 aliphatic carbocycles. The van der Waals surface area contributed by atoms with Crippen LogP contribution in [0.1, 0.15) is 43.6 Å². The van der Waals surface area contributed by atoms with Crippen molar-refractivity contribution in [3.8, 4) is 0 Å². The van der Waals surface area contributed by atoms with E-state index in [1.807, 2.05) is 45.9 Å². The Morgan fingerprint density at radius 1 is 1.11 bits per heavy atom. The molecule has 2 heterocycles. The summed E-state index contributed by atoms with van der Waals surface area (Å²) in [5, 5.41) is 19.8. The molecule has 6 heteroatoms. The van der Waals surface area contributed by atoms with Crippen LogP contribution in [-0.4, -0.2) is 64.2 Å². The van der Waals surface area contributed by atoms with Crippen molar-refractivity contribution < 1.29 is 19.8 Å². The Bertz CT molecular complexity index is 731. The molecule has 27 heavy (non-hydrogen) atoms. The minimum atomic E-state index is -0.572. The summed E-state index contributed by atoms with van der Waals surface area (Å²) in [4.78, 5) is 29.7. The molecule has 3 atom stereocenters. The van der Waals surface area contributed by atoms with Crippen LogP contribution >= 0.6 is 0 Å². The summed E-state index contributed by atoms with van der Waals surface area (Å²) in [5.41, 5.74) is 0.467. The molecule has 2 N–H and O–H groups in total. The number of hydrogen-bond donors (Lipinski definition) is 2. The maximum atomic E-state index is 13.4. The van der Waals surface area contributed by atoms with Gasteiger partial charge in [-0.25, -0.2) is 0 Å². The van der Waals surface area contributed by atoms with Crippen molar-refractivity contribution in [1.82, 2.24) is 9.80 Å². The lowest BCUT2D eigenvalue weighted by Gasteiger charge is -2.36. The zero-order valence-electron chi connectivity index (χ0n) is 16.6. The predicted molar refractivity (Wildman–Crippen MR) is 102 cm³/mol. The van der Waals surface area contributed by atoms with Gasteiger partial charge in [-0.05, 0) is 17.5 Å². The van der Waals surface area contributed by atoms with Gasteiger partial charge in [-0.2, -0.15) is 0 Å². The highest BCUT2D eigenvalue weighted by molar-refractivity contribution is 6.01. The number of aliphatic hydroxyl groups is 2. The molecule has 0 radical (unpaired) electrons. The lowest BCUT2D eigenvalue weighted by Crippen LogP contribution is -2.51. The van der Waals surface area contributed by atoms with Crippen LogP contribution < -0.4 is 0 Å². The Hall–Kier alpha value is -1.92. The maximum absolute atomic E-state index is 13.4. The molecule has 1 aromatic rings.